The zero-order valence-corrected chi connectivity index (χ0v) is 30.9. The SMILES string of the molecule is CC1(C)CN(c2nc(OC[C@@]34CCCN3C[C@H](F)C4)nc3c(F)c(-c4ccc(F)c5sc(N)c(C#N)c45)c(Cl)cc23)CC2(CN(C(=O)n3cncn3)C2)O1. The second-order valence-electron chi connectivity index (χ2n) is 15.3. The second kappa shape index (κ2) is 12.4. The maximum atomic E-state index is 17.3. The maximum absolute atomic E-state index is 17.3. The Hall–Kier alpha value is -4.76. The van der Waals surface area contributed by atoms with Gasteiger partial charge in [0.1, 0.15) is 59.3 Å². The first-order chi connectivity index (χ1) is 25.8. The van der Waals surface area contributed by atoms with E-state index in [1.165, 1.54) is 24.8 Å². The Kier molecular flexibility index (Phi) is 8.02. The third-order valence-corrected chi connectivity index (χ3v) is 12.3. The van der Waals surface area contributed by atoms with Crippen molar-refractivity contribution in [1.82, 2.24) is 34.5 Å². The average molecular weight is 779 g/mol. The minimum atomic E-state index is -0.980. The molecule has 13 nitrogen and oxygen atoms in total. The fourth-order valence-corrected chi connectivity index (χ4v) is 10.2. The van der Waals surface area contributed by atoms with Crippen LogP contribution in [0.3, 0.4) is 0 Å². The summed E-state index contributed by atoms with van der Waals surface area (Å²) >= 11 is 7.84. The lowest BCUT2D eigenvalue weighted by atomic mass is 9.88. The minimum Gasteiger partial charge on any atom is -0.461 e. The van der Waals surface area contributed by atoms with E-state index in [2.05, 4.69) is 20.0 Å². The van der Waals surface area contributed by atoms with E-state index < -0.39 is 34.5 Å². The summed E-state index contributed by atoms with van der Waals surface area (Å²) in [6.45, 7) is 6.17. The van der Waals surface area contributed by atoms with Crippen molar-refractivity contribution in [3.63, 3.8) is 0 Å². The Morgan fingerprint density at radius 3 is 2.80 bits per heavy atom. The smallest absolute Gasteiger partial charge is 0.346 e. The van der Waals surface area contributed by atoms with E-state index in [4.69, 9.17) is 31.8 Å². The summed E-state index contributed by atoms with van der Waals surface area (Å²) in [6, 6.07) is 5.70. The second-order valence-corrected chi connectivity index (χ2v) is 16.7. The van der Waals surface area contributed by atoms with E-state index in [0.29, 0.717) is 25.3 Å². The number of morpholine rings is 1. The predicted molar refractivity (Wildman–Crippen MR) is 195 cm³/mol. The topological polar surface area (TPSA) is 152 Å². The number of carbonyl (C=O) groups excluding carboxylic acids is 1. The van der Waals surface area contributed by atoms with Crippen molar-refractivity contribution in [2.75, 3.05) is 56.5 Å². The van der Waals surface area contributed by atoms with Gasteiger partial charge in [-0.25, -0.2) is 22.9 Å². The number of likely N-dealkylation sites (tertiary alicyclic amines) is 1. The molecule has 0 saturated carbocycles. The lowest BCUT2D eigenvalue weighted by molar-refractivity contribution is -0.202. The van der Waals surface area contributed by atoms with Gasteiger partial charge >= 0.3 is 12.0 Å². The number of amides is 1. The fraction of sp³-hybridized carbons (Fsp3) is 0.444. The number of hydrogen-bond donors (Lipinski definition) is 1. The number of anilines is 2. The van der Waals surface area contributed by atoms with Crippen LogP contribution in [0.25, 0.3) is 32.1 Å². The van der Waals surface area contributed by atoms with Gasteiger partial charge in [0.2, 0.25) is 0 Å². The molecule has 0 unspecified atom stereocenters. The van der Waals surface area contributed by atoms with Crippen molar-refractivity contribution >= 4 is 60.8 Å². The van der Waals surface area contributed by atoms with E-state index in [1.807, 2.05) is 24.8 Å². The van der Waals surface area contributed by atoms with Gasteiger partial charge < -0.3 is 25.0 Å². The standard InChI is InChI=1S/C36H34ClF3N10O3S/c1-34(2)12-47(13-36(53-34)14-48(15-36)33(51)50-18-43-17-44-50)31-21-8-23(37)26(20-4-5-24(39)29-25(20)22(10-41)30(42)54-29)27(40)28(21)45-32(46-31)52-16-35-6-3-7-49(35)11-19(38)9-35/h4-5,8,17-19H,3,6-7,9,11-16,42H2,1-2H3/t19-,35+/m1/s1. The molecule has 2 atom stereocenters. The number of nitriles is 1. The highest BCUT2D eigenvalue weighted by Gasteiger charge is 2.54. The number of nitrogen functional groups attached to an aromatic ring is 1. The molecule has 4 aliphatic heterocycles. The van der Waals surface area contributed by atoms with Gasteiger partial charge in [-0.1, -0.05) is 17.7 Å². The number of fused-ring (bicyclic) bond motifs is 3. The molecule has 2 N–H and O–H groups in total. The number of rotatable bonds is 5. The van der Waals surface area contributed by atoms with Crippen LogP contribution in [0, 0.1) is 23.0 Å². The monoisotopic (exact) mass is 778 g/mol. The summed E-state index contributed by atoms with van der Waals surface area (Å²) in [6.07, 6.45) is 3.61. The quantitative estimate of drug-likeness (QED) is 0.231. The van der Waals surface area contributed by atoms with Gasteiger partial charge in [-0.2, -0.15) is 25.0 Å². The lowest BCUT2D eigenvalue weighted by Gasteiger charge is -2.58. The molecule has 9 rings (SSSR count). The van der Waals surface area contributed by atoms with E-state index >= 15 is 8.78 Å². The van der Waals surface area contributed by atoms with E-state index in [1.54, 1.807) is 11.0 Å². The Bertz CT molecular complexity index is 2400. The van der Waals surface area contributed by atoms with Crippen LogP contribution in [0.5, 0.6) is 6.01 Å². The van der Waals surface area contributed by atoms with Crippen molar-refractivity contribution in [2.24, 2.45) is 0 Å². The first-order valence-electron chi connectivity index (χ1n) is 17.5. The number of carbonyl (C=O) groups is 1. The molecule has 18 heteroatoms. The van der Waals surface area contributed by atoms with Crippen molar-refractivity contribution in [3.05, 3.63) is 53.1 Å². The molecule has 0 bridgehead atoms. The Morgan fingerprint density at radius 2 is 2.04 bits per heavy atom. The van der Waals surface area contributed by atoms with Crippen LogP contribution in [-0.4, -0.2) is 109 Å². The number of hydrogen-bond acceptors (Lipinski definition) is 12. The predicted octanol–water partition coefficient (Wildman–Crippen LogP) is 5.78. The zero-order chi connectivity index (χ0) is 37.7. The Balaban J connectivity index is 1.16. The highest BCUT2D eigenvalue weighted by Crippen LogP contribution is 2.47. The van der Waals surface area contributed by atoms with Crippen molar-refractivity contribution in [2.45, 2.75) is 56.0 Å². The summed E-state index contributed by atoms with van der Waals surface area (Å²) in [4.78, 5) is 32.0. The summed E-state index contributed by atoms with van der Waals surface area (Å²) < 4.78 is 61.1. The molecule has 1 amide bonds. The minimum absolute atomic E-state index is 0.0176. The normalized spacial score (nSPS) is 23.2. The average Bonchev–Trinajstić information content (AvgIpc) is 3.90. The largest absolute Gasteiger partial charge is 0.461 e. The van der Waals surface area contributed by atoms with E-state index in [0.717, 1.165) is 35.4 Å². The third kappa shape index (κ3) is 5.52. The summed E-state index contributed by atoms with van der Waals surface area (Å²) in [7, 11) is 0. The van der Waals surface area contributed by atoms with Crippen molar-refractivity contribution < 1.29 is 27.4 Å². The van der Waals surface area contributed by atoms with Crippen LogP contribution in [0.15, 0.2) is 30.9 Å². The molecule has 7 heterocycles. The summed E-state index contributed by atoms with van der Waals surface area (Å²) in [5.41, 5.74) is 4.05. The molecule has 2 aromatic carbocycles. The zero-order valence-electron chi connectivity index (χ0n) is 29.3. The number of ether oxygens (including phenoxy) is 2. The Labute approximate surface area is 316 Å². The van der Waals surface area contributed by atoms with Gasteiger partial charge in [0.15, 0.2) is 5.82 Å². The number of alkyl halides is 1. The van der Waals surface area contributed by atoms with Crippen LogP contribution in [0.1, 0.15) is 38.7 Å². The van der Waals surface area contributed by atoms with Gasteiger partial charge in [-0.05, 0) is 50.9 Å². The van der Waals surface area contributed by atoms with E-state index in [9.17, 15) is 14.4 Å². The number of nitrogens with zero attached hydrogens (tertiary/aromatic N) is 9. The van der Waals surface area contributed by atoms with Crippen LogP contribution >= 0.6 is 22.9 Å². The van der Waals surface area contributed by atoms with Crippen molar-refractivity contribution in [1.29, 1.82) is 5.26 Å². The molecular weight excluding hydrogens is 745 g/mol. The third-order valence-electron chi connectivity index (χ3n) is 11.0. The molecule has 1 spiro atoms. The first-order valence-corrected chi connectivity index (χ1v) is 18.7. The molecule has 4 fully saturated rings. The molecule has 4 saturated heterocycles. The van der Waals surface area contributed by atoms with Crippen LogP contribution in [0.2, 0.25) is 5.02 Å². The number of nitrogens with two attached hydrogens (primary N) is 1. The van der Waals surface area contributed by atoms with Gasteiger partial charge in [-0.15, -0.1) is 11.3 Å². The van der Waals surface area contributed by atoms with Gasteiger partial charge in [0.25, 0.3) is 0 Å². The van der Waals surface area contributed by atoms with Crippen molar-refractivity contribution in [3.8, 4) is 23.2 Å². The highest BCUT2D eigenvalue weighted by molar-refractivity contribution is 7.23. The van der Waals surface area contributed by atoms with Gasteiger partial charge in [0.05, 0.1) is 46.1 Å². The first kappa shape index (κ1) is 35.0. The Morgan fingerprint density at radius 1 is 1.22 bits per heavy atom. The van der Waals surface area contributed by atoms with E-state index in [-0.39, 0.29) is 86.0 Å². The number of halogens is 4. The molecule has 4 aliphatic rings. The fourth-order valence-electron chi connectivity index (χ4n) is 8.93. The lowest BCUT2D eigenvalue weighted by Crippen LogP contribution is -2.74. The van der Waals surface area contributed by atoms with Gasteiger partial charge in [-0.3, -0.25) is 4.90 Å². The molecule has 3 aromatic heterocycles. The molecule has 0 radical (unpaired) electrons. The maximum Gasteiger partial charge on any atom is 0.346 e. The van der Waals surface area contributed by atoms with Crippen LogP contribution < -0.4 is 15.4 Å². The molecule has 280 valence electrons. The number of aromatic nitrogens is 5. The number of benzene rings is 2. The van der Waals surface area contributed by atoms with Gasteiger partial charge in [0, 0.05) is 35.8 Å². The summed E-state index contributed by atoms with van der Waals surface area (Å²) in [5.74, 6) is -1.10. The molecule has 0 aliphatic carbocycles. The molecular formula is C36H34ClF3N10O3S. The van der Waals surface area contributed by atoms with Crippen LogP contribution in [0.4, 0.5) is 28.8 Å². The molecule has 5 aromatic rings. The number of thiophene rings is 1. The molecule has 54 heavy (non-hydrogen) atoms. The highest BCUT2D eigenvalue weighted by atomic mass is 35.5. The summed E-state index contributed by atoms with van der Waals surface area (Å²) in [5, 5.41) is 14.4. The van der Waals surface area contributed by atoms with Crippen LogP contribution in [-0.2, 0) is 4.74 Å².